The first-order valence-corrected chi connectivity index (χ1v) is 5.45. The second-order valence-corrected chi connectivity index (χ2v) is 4.20. The molecule has 0 aromatic carbocycles. The molecule has 0 spiro atoms. The van der Waals surface area contributed by atoms with Crippen LogP contribution in [0.15, 0.2) is 0 Å². The van der Waals surface area contributed by atoms with E-state index in [1.165, 1.54) is 0 Å². The molecule has 104 valence electrons. The van der Waals surface area contributed by atoms with Crippen LogP contribution in [0.3, 0.4) is 0 Å². The summed E-state index contributed by atoms with van der Waals surface area (Å²) >= 11 is 0. The molecule has 0 amide bonds. The Bertz CT molecular complexity index is 406. The maximum absolute atomic E-state index is 10.8. The average molecular weight is 354 g/mol. The van der Waals surface area contributed by atoms with Crippen LogP contribution >= 0.6 is 7.82 Å². The predicted molar refractivity (Wildman–Crippen MR) is 56.7 cm³/mol. The molecule has 0 bridgehead atoms. The number of aliphatic hydroxyl groups is 1. The first-order valence-electron chi connectivity index (χ1n) is 3.92. The summed E-state index contributed by atoms with van der Waals surface area (Å²) in [6.07, 6.45) is -2.72. The molecule has 1 atom stereocenters. The summed E-state index contributed by atoms with van der Waals surface area (Å²) < 4.78 is 13.7. The maximum atomic E-state index is 10.8. The van der Waals surface area contributed by atoms with Crippen molar-refractivity contribution in [3.63, 3.8) is 0 Å². The van der Waals surface area contributed by atoms with Crippen molar-refractivity contribution in [2.45, 2.75) is 18.4 Å². The van der Waals surface area contributed by atoms with Crippen LogP contribution in [0.1, 0.15) is 17.1 Å². The number of carboxylic acids is 2. The van der Waals surface area contributed by atoms with Crippen molar-refractivity contribution in [3.05, 3.63) is 0 Å². The molecule has 0 saturated carbocycles. The molecule has 10 nitrogen and oxygen atoms in total. The number of hydrogen-bond acceptors (Lipinski definition) is 6. The molecule has 0 heterocycles. The van der Waals surface area contributed by atoms with Gasteiger partial charge in [-0.2, -0.15) is 0 Å². The van der Waals surface area contributed by atoms with E-state index in [-0.39, 0.29) is 93.4 Å². The molecule has 0 aromatic rings. The first-order chi connectivity index (χ1) is 7.46. The third kappa shape index (κ3) is 11.7. The maximum Gasteiger partial charge on any atom is 2.00 e. The number of phosphoric ester groups is 1. The molecule has 19 heavy (non-hydrogen) atoms. The van der Waals surface area contributed by atoms with Gasteiger partial charge in [0.05, 0.1) is 12.8 Å². The van der Waals surface area contributed by atoms with Crippen molar-refractivity contribution in [1.29, 1.82) is 0 Å². The molecular weight excluding hydrogens is 342 g/mol. The Morgan fingerprint density at radius 3 is 1.84 bits per heavy atom. The Labute approximate surface area is 183 Å². The van der Waals surface area contributed by atoms with Crippen molar-refractivity contribution in [2.75, 3.05) is 0 Å². The van der Waals surface area contributed by atoms with Crippen molar-refractivity contribution in [1.82, 2.24) is 0 Å². The Morgan fingerprint density at radius 2 is 1.58 bits per heavy atom. The zero-order valence-corrected chi connectivity index (χ0v) is 16.1. The summed E-state index contributed by atoms with van der Waals surface area (Å²) in [6.45, 7) is 0. The fraction of sp³-hybridized carbons (Fsp3) is 0.500. The van der Waals surface area contributed by atoms with E-state index in [9.17, 15) is 24.1 Å². The summed E-state index contributed by atoms with van der Waals surface area (Å²) in [4.78, 5) is 48.1. The molecule has 1 unspecified atom stereocenters. The fourth-order valence-electron chi connectivity index (χ4n) is 0.868. The number of aliphatic carboxylic acids is 2. The van der Waals surface area contributed by atoms with E-state index in [0.29, 0.717) is 0 Å². The zero-order chi connectivity index (χ0) is 13.9. The molecule has 5 N–H and O–H groups in total. The smallest absolute Gasteiger partial charge is 1.00 e. The summed E-state index contributed by atoms with van der Waals surface area (Å²) in [5.74, 6) is -5.47. The molecule has 0 fully saturated rings. The summed E-state index contributed by atoms with van der Waals surface area (Å²) in [6, 6.07) is 0. The van der Waals surface area contributed by atoms with Crippen LogP contribution < -0.4 is 51.4 Å². The minimum Gasteiger partial charge on any atom is -1.00 e. The Morgan fingerprint density at radius 1 is 1.16 bits per heavy atom. The molecule has 0 aliphatic rings. The number of rotatable bonds is 6. The standard InChI is InChI=1S/C6H9O10P.Ca.K.3H/c7-3(8)1-6(12,5(10)11)2-4(9)16-17(13,14)15;;;;;/h12H,1-2H2,(H,7,8)(H,10,11)(H2,13,14,15);;;;;/q;+2;+1;3*-1. The van der Waals surface area contributed by atoms with Gasteiger partial charge in [-0.25, -0.2) is 9.36 Å². The SMILES string of the molecule is O=C(O)CC(O)(CC(=O)OP(=O)(O)O)C(=O)O.[Ca+2].[H-].[H-].[H-].[K+]. The van der Waals surface area contributed by atoms with E-state index >= 15 is 0 Å². The van der Waals surface area contributed by atoms with Crippen LogP contribution in [0.4, 0.5) is 0 Å². The van der Waals surface area contributed by atoms with Crippen LogP contribution in [0.5, 0.6) is 0 Å². The molecule has 13 heteroatoms. The molecule has 0 saturated heterocycles. The molecule has 0 radical (unpaired) electrons. The van der Waals surface area contributed by atoms with Gasteiger partial charge in [-0.1, -0.05) is 0 Å². The van der Waals surface area contributed by atoms with E-state index in [1.807, 2.05) is 0 Å². The number of carbonyl (C=O) groups excluding carboxylic acids is 1. The second kappa shape index (κ2) is 10.2. The minimum atomic E-state index is -5.17. The van der Waals surface area contributed by atoms with Crippen LogP contribution in [0, 0.1) is 0 Å². The predicted octanol–water partition coefficient (Wildman–Crippen LogP) is -4.74. The van der Waals surface area contributed by atoms with Gasteiger partial charge in [-0.3, -0.25) is 19.4 Å². The van der Waals surface area contributed by atoms with Crippen LogP contribution in [0.2, 0.25) is 0 Å². The first kappa shape index (κ1) is 25.4. The zero-order valence-electron chi connectivity index (χ0n) is 12.8. The van der Waals surface area contributed by atoms with Crippen molar-refractivity contribution < 1.29 is 104 Å². The van der Waals surface area contributed by atoms with Crippen LogP contribution in [0.25, 0.3) is 0 Å². The van der Waals surface area contributed by atoms with Gasteiger partial charge in [0.2, 0.25) is 0 Å². The molecule has 0 aliphatic heterocycles. The Hall–Kier alpha value is 1.42. The number of hydrogen-bond donors (Lipinski definition) is 5. The number of carbonyl (C=O) groups is 3. The third-order valence-electron chi connectivity index (χ3n) is 1.50. The van der Waals surface area contributed by atoms with Gasteiger partial charge in [0.1, 0.15) is 0 Å². The summed E-state index contributed by atoms with van der Waals surface area (Å²) in [5, 5.41) is 26.1. The van der Waals surface area contributed by atoms with E-state index in [4.69, 9.17) is 20.0 Å². The van der Waals surface area contributed by atoms with Gasteiger partial charge in [0.15, 0.2) is 5.60 Å². The van der Waals surface area contributed by atoms with E-state index in [1.54, 1.807) is 0 Å². The quantitative estimate of drug-likeness (QED) is 0.230. The summed E-state index contributed by atoms with van der Waals surface area (Å²) in [5.41, 5.74) is -2.99. The average Bonchev–Trinajstić information content (AvgIpc) is 1.96. The van der Waals surface area contributed by atoms with Crippen LogP contribution in [-0.2, 0) is 23.5 Å². The Kier molecular flexibility index (Phi) is 13.6. The summed E-state index contributed by atoms with van der Waals surface area (Å²) in [7, 11) is -5.17. The van der Waals surface area contributed by atoms with Gasteiger partial charge in [-0.15, -0.1) is 0 Å². The van der Waals surface area contributed by atoms with Gasteiger partial charge >= 0.3 is 115 Å². The molecule has 0 aromatic heterocycles. The second-order valence-electron chi connectivity index (χ2n) is 3.04. The van der Waals surface area contributed by atoms with Crippen molar-refractivity contribution >= 4 is 63.5 Å². The van der Waals surface area contributed by atoms with Gasteiger partial charge in [0, 0.05) is 0 Å². The largest absolute Gasteiger partial charge is 2.00 e. The van der Waals surface area contributed by atoms with Gasteiger partial charge in [0.25, 0.3) is 0 Å². The normalized spacial score (nSPS) is 13.2. The van der Waals surface area contributed by atoms with E-state index in [0.717, 1.165) is 0 Å². The minimum absolute atomic E-state index is 0. The third-order valence-corrected chi connectivity index (χ3v) is 1.94. The van der Waals surface area contributed by atoms with Crippen molar-refractivity contribution in [3.8, 4) is 0 Å². The fourth-order valence-corrected chi connectivity index (χ4v) is 1.20. The Balaban J connectivity index is -0.000000128. The van der Waals surface area contributed by atoms with Gasteiger partial charge < -0.3 is 24.1 Å². The van der Waals surface area contributed by atoms with Crippen molar-refractivity contribution in [2.24, 2.45) is 0 Å². The van der Waals surface area contributed by atoms with Gasteiger partial charge in [-0.05, 0) is 0 Å². The van der Waals surface area contributed by atoms with E-state index < -0.39 is 44.2 Å². The molecule has 0 rings (SSSR count). The molecule has 0 aliphatic carbocycles. The monoisotopic (exact) mass is 354 g/mol. The molecular formula is C6H12CaKO10P. The topological polar surface area (TPSA) is 179 Å². The van der Waals surface area contributed by atoms with E-state index in [2.05, 4.69) is 4.52 Å². The van der Waals surface area contributed by atoms with Crippen LogP contribution in [-0.4, -0.2) is 86.4 Å². The number of phosphoric acid groups is 1. The number of carboxylic acid groups (broad SMARTS) is 2.